The van der Waals surface area contributed by atoms with Crippen molar-refractivity contribution in [3.8, 4) is 34.0 Å². The molecule has 0 saturated heterocycles. The average Bonchev–Trinajstić information content (AvgIpc) is 3.35. The van der Waals surface area contributed by atoms with Gasteiger partial charge in [0.05, 0.1) is 16.6 Å². The second-order valence-corrected chi connectivity index (χ2v) is 12.2. The molecule has 3 nitrogen and oxygen atoms in total. The molecule has 208 valence electrons. The van der Waals surface area contributed by atoms with Crippen molar-refractivity contribution in [3.63, 3.8) is 0 Å². The van der Waals surface area contributed by atoms with Crippen molar-refractivity contribution in [2.75, 3.05) is 0 Å². The quantitative estimate of drug-likeness (QED) is 0.199. The van der Waals surface area contributed by atoms with E-state index in [2.05, 4.69) is 113 Å². The van der Waals surface area contributed by atoms with Crippen LogP contribution in [-0.4, -0.2) is 14.7 Å². The van der Waals surface area contributed by atoms with Gasteiger partial charge < -0.3 is 5.11 Å². The average molecular weight is 541 g/mol. The summed E-state index contributed by atoms with van der Waals surface area (Å²) in [6.45, 7) is 15.0. The molecule has 3 heteroatoms. The minimum absolute atomic E-state index is 0.0628. The van der Waals surface area contributed by atoms with E-state index in [-0.39, 0.29) is 11.2 Å². The van der Waals surface area contributed by atoms with Crippen LogP contribution in [0.2, 0.25) is 0 Å². The maximum atomic E-state index is 11.1. The SMILES string of the molecule is C=C/C(=C\Cc1cccc(-c2cccc3c2nc(-c2cc(C(C)(C)C)ccc2O)n3-c2ccccc2)c1)CC(C)C. The maximum Gasteiger partial charge on any atom is 0.149 e. The molecule has 0 aliphatic heterocycles. The smallest absolute Gasteiger partial charge is 0.149 e. The third kappa shape index (κ3) is 6.05. The van der Waals surface area contributed by atoms with Gasteiger partial charge in [0, 0.05) is 11.3 Å². The lowest BCUT2D eigenvalue weighted by Crippen LogP contribution is -2.11. The Morgan fingerprint density at radius 2 is 1.66 bits per heavy atom. The molecule has 4 aromatic carbocycles. The molecule has 0 unspecified atom stereocenters. The Kier molecular flexibility index (Phi) is 7.99. The van der Waals surface area contributed by atoms with Crippen LogP contribution in [0.4, 0.5) is 0 Å². The van der Waals surface area contributed by atoms with Crippen molar-refractivity contribution in [3.05, 3.63) is 126 Å². The Hall–Kier alpha value is -4.37. The number of fused-ring (bicyclic) bond motifs is 1. The molecule has 1 heterocycles. The van der Waals surface area contributed by atoms with E-state index in [4.69, 9.17) is 4.98 Å². The van der Waals surface area contributed by atoms with Gasteiger partial charge in [0.1, 0.15) is 11.6 Å². The first-order valence-corrected chi connectivity index (χ1v) is 14.5. The van der Waals surface area contributed by atoms with Gasteiger partial charge in [-0.3, -0.25) is 4.57 Å². The number of phenolic OH excluding ortho intramolecular Hbond substituents is 1. The van der Waals surface area contributed by atoms with E-state index in [0.29, 0.717) is 5.92 Å². The van der Waals surface area contributed by atoms with Crippen molar-refractivity contribution in [2.24, 2.45) is 5.92 Å². The second kappa shape index (κ2) is 11.6. The molecular weight excluding hydrogens is 500 g/mol. The molecule has 5 rings (SSSR count). The number of nitrogens with zero attached hydrogens (tertiary/aromatic N) is 2. The zero-order valence-electron chi connectivity index (χ0n) is 24.9. The highest BCUT2D eigenvalue weighted by molar-refractivity contribution is 5.96. The molecule has 0 spiro atoms. The first-order chi connectivity index (χ1) is 19.7. The lowest BCUT2D eigenvalue weighted by atomic mass is 9.86. The van der Waals surface area contributed by atoms with Gasteiger partial charge in [0.15, 0.2) is 0 Å². The van der Waals surface area contributed by atoms with Crippen LogP contribution in [0.25, 0.3) is 39.2 Å². The third-order valence-electron chi connectivity index (χ3n) is 7.55. The number of hydrogen-bond acceptors (Lipinski definition) is 2. The van der Waals surface area contributed by atoms with E-state index in [1.807, 2.05) is 30.3 Å². The molecule has 1 aromatic heterocycles. The fraction of sp³-hybridized carbons (Fsp3) is 0.237. The van der Waals surface area contributed by atoms with E-state index >= 15 is 0 Å². The number of imidazole rings is 1. The van der Waals surface area contributed by atoms with Crippen LogP contribution >= 0.6 is 0 Å². The minimum atomic E-state index is -0.0628. The molecule has 5 aromatic rings. The normalized spacial score (nSPS) is 12.3. The number of hydrogen-bond donors (Lipinski definition) is 1. The molecule has 0 fully saturated rings. The predicted octanol–water partition coefficient (Wildman–Crippen LogP) is 10.1. The fourth-order valence-electron chi connectivity index (χ4n) is 5.37. The molecule has 0 atom stereocenters. The van der Waals surface area contributed by atoms with Crippen LogP contribution in [0.3, 0.4) is 0 Å². The van der Waals surface area contributed by atoms with Crippen LogP contribution in [0, 0.1) is 5.92 Å². The molecule has 0 aliphatic carbocycles. The summed E-state index contributed by atoms with van der Waals surface area (Å²) in [6.07, 6.45) is 6.16. The summed E-state index contributed by atoms with van der Waals surface area (Å²) in [7, 11) is 0. The van der Waals surface area contributed by atoms with Crippen LogP contribution in [0.1, 0.15) is 52.2 Å². The monoisotopic (exact) mass is 540 g/mol. The topological polar surface area (TPSA) is 38.1 Å². The Balaban J connectivity index is 1.68. The van der Waals surface area contributed by atoms with Crippen LogP contribution < -0.4 is 0 Å². The molecule has 1 N–H and O–H groups in total. The summed E-state index contributed by atoms with van der Waals surface area (Å²) >= 11 is 0. The van der Waals surface area contributed by atoms with E-state index in [0.717, 1.165) is 57.6 Å². The van der Waals surface area contributed by atoms with Gasteiger partial charge in [0.2, 0.25) is 0 Å². The Labute approximate surface area is 244 Å². The number of allylic oxidation sites excluding steroid dienone is 3. The lowest BCUT2D eigenvalue weighted by molar-refractivity contribution is 0.475. The summed E-state index contributed by atoms with van der Waals surface area (Å²) in [5.74, 6) is 1.55. The van der Waals surface area contributed by atoms with Crippen LogP contribution in [0.15, 0.2) is 115 Å². The summed E-state index contributed by atoms with van der Waals surface area (Å²) in [5, 5.41) is 11.1. The van der Waals surface area contributed by atoms with Gasteiger partial charge in [-0.25, -0.2) is 4.98 Å². The van der Waals surface area contributed by atoms with Crippen molar-refractivity contribution in [2.45, 2.75) is 52.9 Å². The Bertz CT molecular complexity index is 1720. The highest BCUT2D eigenvalue weighted by Crippen LogP contribution is 2.39. The molecule has 0 saturated carbocycles. The number of rotatable bonds is 8. The van der Waals surface area contributed by atoms with E-state index < -0.39 is 0 Å². The summed E-state index contributed by atoms with van der Waals surface area (Å²) < 4.78 is 2.16. The van der Waals surface area contributed by atoms with Gasteiger partial charge >= 0.3 is 0 Å². The standard InChI is InChI=1S/C38H40N2O/c1-7-27(23-26(2)3)19-20-28-13-11-14-29(24-28)32-17-12-18-34-36(32)39-37(40(34)31-15-9-8-10-16-31)33-25-30(38(4,5)6)21-22-35(33)41/h7-19,21-22,24-26,41H,1,20,23H2,2-6H3/b27-19+. The highest BCUT2D eigenvalue weighted by atomic mass is 16.3. The second-order valence-electron chi connectivity index (χ2n) is 12.2. The number of para-hydroxylation sites is 2. The zero-order chi connectivity index (χ0) is 29.1. The fourth-order valence-corrected chi connectivity index (χ4v) is 5.37. The largest absolute Gasteiger partial charge is 0.507 e. The van der Waals surface area contributed by atoms with Gasteiger partial charge in [-0.05, 0) is 71.2 Å². The van der Waals surface area contributed by atoms with Gasteiger partial charge in [0.25, 0.3) is 0 Å². The number of aromatic hydroxyl groups is 1. The highest BCUT2D eigenvalue weighted by Gasteiger charge is 2.22. The zero-order valence-corrected chi connectivity index (χ0v) is 24.9. The number of phenols is 1. The van der Waals surface area contributed by atoms with Crippen molar-refractivity contribution < 1.29 is 5.11 Å². The van der Waals surface area contributed by atoms with Gasteiger partial charge in [-0.15, -0.1) is 0 Å². The summed E-state index contributed by atoms with van der Waals surface area (Å²) in [6, 6.07) is 31.2. The third-order valence-corrected chi connectivity index (χ3v) is 7.55. The van der Waals surface area contributed by atoms with Gasteiger partial charge in [-0.2, -0.15) is 0 Å². The molecular formula is C38H40N2O. The Morgan fingerprint density at radius 3 is 2.37 bits per heavy atom. The molecule has 0 radical (unpaired) electrons. The lowest BCUT2D eigenvalue weighted by Gasteiger charge is -2.20. The van der Waals surface area contributed by atoms with Crippen molar-refractivity contribution in [1.82, 2.24) is 9.55 Å². The Morgan fingerprint density at radius 1 is 0.902 bits per heavy atom. The van der Waals surface area contributed by atoms with Crippen molar-refractivity contribution >= 4 is 11.0 Å². The molecule has 41 heavy (non-hydrogen) atoms. The number of benzene rings is 4. The molecule has 0 amide bonds. The van der Waals surface area contributed by atoms with Crippen molar-refractivity contribution in [1.29, 1.82) is 0 Å². The summed E-state index contributed by atoms with van der Waals surface area (Å²) in [5.41, 5.74) is 9.46. The first-order valence-electron chi connectivity index (χ1n) is 14.5. The van der Waals surface area contributed by atoms with E-state index in [1.165, 1.54) is 11.1 Å². The molecule has 0 bridgehead atoms. The maximum absolute atomic E-state index is 11.1. The number of aromatic nitrogens is 2. The first kappa shape index (κ1) is 28.2. The molecule has 0 aliphatic rings. The van der Waals surface area contributed by atoms with E-state index in [1.54, 1.807) is 6.07 Å². The summed E-state index contributed by atoms with van der Waals surface area (Å²) in [4.78, 5) is 5.25. The van der Waals surface area contributed by atoms with Crippen LogP contribution in [-0.2, 0) is 11.8 Å². The predicted molar refractivity (Wildman–Crippen MR) is 174 cm³/mol. The van der Waals surface area contributed by atoms with Gasteiger partial charge in [-0.1, -0.05) is 120 Å². The van der Waals surface area contributed by atoms with E-state index in [9.17, 15) is 5.11 Å². The minimum Gasteiger partial charge on any atom is -0.507 e. The van der Waals surface area contributed by atoms with Crippen LogP contribution in [0.5, 0.6) is 5.75 Å².